The van der Waals surface area contributed by atoms with Gasteiger partial charge in [-0.2, -0.15) is 0 Å². The molecule has 0 atom stereocenters. The smallest absolute Gasteiger partial charge is 0.260 e. The second-order valence-electron chi connectivity index (χ2n) is 9.01. The predicted molar refractivity (Wildman–Crippen MR) is 138 cm³/mol. The van der Waals surface area contributed by atoms with E-state index in [-0.39, 0.29) is 18.3 Å². The van der Waals surface area contributed by atoms with Crippen LogP contribution in [0.2, 0.25) is 5.02 Å². The van der Waals surface area contributed by atoms with Gasteiger partial charge < -0.3 is 14.7 Å². The molecule has 5 heteroatoms. The molecule has 0 spiro atoms. The molecule has 0 radical (unpaired) electrons. The number of piperidine rings is 1. The highest BCUT2D eigenvalue weighted by molar-refractivity contribution is 6.31. The van der Waals surface area contributed by atoms with Gasteiger partial charge in [0.15, 0.2) is 6.61 Å². The van der Waals surface area contributed by atoms with E-state index >= 15 is 0 Å². The largest absolute Gasteiger partial charge is 0.507 e. The van der Waals surface area contributed by atoms with Crippen molar-refractivity contribution in [3.63, 3.8) is 0 Å². The fourth-order valence-electron chi connectivity index (χ4n) is 4.52. The Bertz CT molecular complexity index is 1140. The Morgan fingerprint density at radius 1 is 1.03 bits per heavy atom. The highest BCUT2D eigenvalue weighted by Gasteiger charge is 2.17. The summed E-state index contributed by atoms with van der Waals surface area (Å²) in [4.78, 5) is 14.3. The summed E-state index contributed by atoms with van der Waals surface area (Å²) in [5.74, 6) is 0.905. The first-order chi connectivity index (χ1) is 16.4. The van der Waals surface area contributed by atoms with Crippen LogP contribution in [0.1, 0.15) is 48.4 Å². The Balaban J connectivity index is 1.49. The predicted octanol–water partition coefficient (Wildman–Crippen LogP) is 6.57. The van der Waals surface area contributed by atoms with E-state index in [2.05, 4.69) is 19.1 Å². The third kappa shape index (κ3) is 5.74. The van der Waals surface area contributed by atoms with Crippen molar-refractivity contribution >= 4 is 17.5 Å². The number of carbonyl (C=O) groups excluding carboxylic acids is 1. The highest BCUT2D eigenvalue weighted by atomic mass is 35.5. The van der Waals surface area contributed by atoms with Gasteiger partial charge in [0.05, 0.1) is 0 Å². The van der Waals surface area contributed by atoms with Gasteiger partial charge in [-0.15, -0.1) is 0 Å². The second kappa shape index (κ2) is 11.0. The van der Waals surface area contributed by atoms with E-state index in [0.717, 1.165) is 60.2 Å². The molecule has 34 heavy (non-hydrogen) atoms. The summed E-state index contributed by atoms with van der Waals surface area (Å²) < 4.78 is 5.79. The number of benzene rings is 3. The van der Waals surface area contributed by atoms with Gasteiger partial charge in [-0.1, -0.05) is 48.9 Å². The van der Waals surface area contributed by atoms with Gasteiger partial charge in [0.25, 0.3) is 5.91 Å². The number of ether oxygens (including phenoxy) is 1. The standard InChI is InChI=1S/C29H32ClNO3/c1-3-21-8-7-9-23(15-21)26-17-22(10-11-28(26)32)16-25-20(2)14-24(18-27(25)30)34-19-29(33)31-12-5-4-6-13-31/h7-11,14-15,17-18,32H,3-6,12-13,16,19H2,1-2H3. The first-order valence-electron chi connectivity index (χ1n) is 12.1. The van der Waals surface area contributed by atoms with Crippen LogP contribution in [0.25, 0.3) is 11.1 Å². The van der Waals surface area contributed by atoms with E-state index in [4.69, 9.17) is 16.3 Å². The summed E-state index contributed by atoms with van der Waals surface area (Å²) in [6.07, 6.45) is 4.90. The average Bonchev–Trinajstić information content (AvgIpc) is 2.86. The van der Waals surface area contributed by atoms with Crippen LogP contribution in [0.4, 0.5) is 0 Å². The molecule has 3 aromatic carbocycles. The fourth-order valence-corrected chi connectivity index (χ4v) is 4.84. The number of likely N-dealkylation sites (tertiary alicyclic amines) is 1. The van der Waals surface area contributed by atoms with E-state index < -0.39 is 0 Å². The molecule has 178 valence electrons. The maximum absolute atomic E-state index is 12.4. The fraction of sp³-hybridized carbons (Fsp3) is 0.345. The van der Waals surface area contributed by atoms with Crippen LogP contribution in [-0.4, -0.2) is 35.6 Å². The van der Waals surface area contributed by atoms with Crippen molar-refractivity contribution < 1.29 is 14.6 Å². The molecule has 1 N–H and O–H groups in total. The minimum Gasteiger partial charge on any atom is -0.507 e. The molecule has 1 heterocycles. The number of hydrogen-bond acceptors (Lipinski definition) is 3. The number of amides is 1. The van der Waals surface area contributed by atoms with E-state index in [9.17, 15) is 9.90 Å². The number of aryl methyl sites for hydroxylation is 2. The van der Waals surface area contributed by atoms with Crippen molar-refractivity contribution in [2.24, 2.45) is 0 Å². The van der Waals surface area contributed by atoms with Crippen LogP contribution in [0.3, 0.4) is 0 Å². The summed E-state index contributed by atoms with van der Waals surface area (Å²) in [7, 11) is 0. The van der Waals surface area contributed by atoms with Crippen LogP contribution < -0.4 is 4.74 Å². The maximum Gasteiger partial charge on any atom is 0.260 e. The zero-order valence-corrected chi connectivity index (χ0v) is 20.7. The molecule has 1 aliphatic rings. The van der Waals surface area contributed by atoms with E-state index in [1.165, 1.54) is 12.0 Å². The van der Waals surface area contributed by atoms with Gasteiger partial charge in [-0.05, 0) is 91.1 Å². The Kier molecular flexibility index (Phi) is 7.79. The summed E-state index contributed by atoms with van der Waals surface area (Å²) >= 11 is 6.65. The van der Waals surface area contributed by atoms with Crippen molar-refractivity contribution in [3.05, 3.63) is 81.9 Å². The van der Waals surface area contributed by atoms with Crippen LogP contribution >= 0.6 is 11.6 Å². The van der Waals surface area contributed by atoms with Crippen LogP contribution in [-0.2, 0) is 17.6 Å². The first kappa shape index (κ1) is 24.2. The SMILES string of the molecule is CCc1cccc(-c2cc(Cc3c(C)cc(OCC(=O)N4CCCCC4)cc3Cl)ccc2O)c1. The zero-order valence-electron chi connectivity index (χ0n) is 19.9. The monoisotopic (exact) mass is 477 g/mol. The average molecular weight is 478 g/mol. The molecule has 0 unspecified atom stereocenters. The van der Waals surface area contributed by atoms with Gasteiger partial charge >= 0.3 is 0 Å². The van der Waals surface area contributed by atoms with Crippen molar-refractivity contribution in [3.8, 4) is 22.6 Å². The Labute approximate surface area is 207 Å². The van der Waals surface area contributed by atoms with Gasteiger partial charge in [-0.3, -0.25) is 4.79 Å². The topological polar surface area (TPSA) is 49.8 Å². The Hall–Kier alpha value is -2.98. The molecular formula is C29H32ClNO3. The number of aromatic hydroxyl groups is 1. The summed E-state index contributed by atoms with van der Waals surface area (Å²) in [6, 6.07) is 17.7. The number of halogens is 1. The zero-order chi connectivity index (χ0) is 24.1. The third-order valence-electron chi connectivity index (χ3n) is 6.55. The lowest BCUT2D eigenvalue weighted by Crippen LogP contribution is -2.38. The molecule has 1 saturated heterocycles. The number of nitrogens with zero attached hydrogens (tertiary/aromatic N) is 1. The van der Waals surface area contributed by atoms with Gasteiger partial charge in [0, 0.05) is 23.7 Å². The Morgan fingerprint density at radius 3 is 2.56 bits per heavy atom. The van der Waals surface area contributed by atoms with Crippen LogP contribution in [0.5, 0.6) is 11.5 Å². The molecule has 0 aromatic heterocycles. The minimum absolute atomic E-state index is 0.0290. The van der Waals surface area contributed by atoms with Gasteiger partial charge in [0.2, 0.25) is 0 Å². The molecule has 4 rings (SSSR count). The Morgan fingerprint density at radius 2 is 1.82 bits per heavy atom. The maximum atomic E-state index is 12.4. The molecule has 0 bridgehead atoms. The number of rotatable bonds is 7. The minimum atomic E-state index is 0.0290. The van der Waals surface area contributed by atoms with Crippen LogP contribution in [0.15, 0.2) is 54.6 Å². The molecule has 1 amide bonds. The number of phenols is 1. The van der Waals surface area contributed by atoms with Gasteiger partial charge in [0.1, 0.15) is 11.5 Å². The number of phenolic OH excluding ortho intramolecular Hbond substituents is 1. The lowest BCUT2D eigenvalue weighted by atomic mass is 9.95. The normalized spacial score (nSPS) is 13.7. The molecule has 4 nitrogen and oxygen atoms in total. The second-order valence-corrected chi connectivity index (χ2v) is 9.42. The lowest BCUT2D eigenvalue weighted by Gasteiger charge is -2.26. The van der Waals surface area contributed by atoms with Crippen molar-refractivity contribution in [1.29, 1.82) is 0 Å². The highest BCUT2D eigenvalue weighted by Crippen LogP contribution is 2.33. The lowest BCUT2D eigenvalue weighted by molar-refractivity contribution is -0.134. The molecule has 0 saturated carbocycles. The summed E-state index contributed by atoms with van der Waals surface area (Å²) in [5, 5.41) is 11.1. The van der Waals surface area contributed by atoms with E-state index in [0.29, 0.717) is 17.2 Å². The van der Waals surface area contributed by atoms with Crippen molar-refractivity contribution in [2.75, 3.05) is 19.7 Å². The molecule has 1 fully saturated rings. The molecule has 3 aromatic rings. The first-order valence-corrected chi connectivity index (χ1v) is 12.4. The van der Waals surface area contributed by atoms with Gasteiger partial charge in [-0.25, -0.2) is 0 Å². The summed E-state index contributed by atoms with van der Waals surface area (Å²) in [6.45, 7) is 5.80. The van der Waals surface area contributed by atoms with Crippen molar-refractivity contribution in [2.45, 2.75) is 46.0 Å². The molecular weight excluding hydrogens is 446 g/mol. The third-order valence-corrected chi connectivity index (χ3v) is 6.89. The van der Waals surface area contributed by atoms with E-state index in [1.54, 1.807) is 12.1 Å². The van der Waals surface area contributed by atoms with Crippen LogP contribution in [0, 0.1) is 6.92 Å². The number of hydrogen-bond donors (Lipinski definition) is 1. The molecule has 0 aliphatic carbocycles. The quantitative estimate of drug-likeness (QED) is 0.419. The molecule has 1 aliphatic heterocycles. The van der Waals surface area contributed by atoms with E-state index in [1.807, 2.05) is 42.2 Å². The van der Waals surface area contributed by atoms with Crippen molar-refractivity contribution in [1.82, 2.24) is 4.90 Å². The number of carbonyl (C=O) groups is 1. The summed E-state index contributed by atoms with van der Waals surface area (Å²) in [5.41, 5.74) is 6.14.